The van der Waals surface area contributed by atoms with Crippen molar-refractivity contribution in [2.24, 2.45) is 11.8 Å². The van der Waals surface area contributed by atoms with Gasteiger partial charge in [-0.05, 0) is 24.4 Å². The summed E-state index contributed by atoms with van der Waals surface area (Å²) in [5.74, 6) is 2.86. The smallest absolute Gasteiger partial charge is 0.127 e. The van der Waals surface area contributed by atoms with Crippen molar-refractivity contribution < 1.29 is 9.47 Å². The number of benzene rings is 1. The van der Waals surface area contributed by atoms with Gasteiger partial charge in [-0.1, -0.05) is 40.7 Å². The van der Waals surface area contributed by atoms with E-state index in [0.29, 0.717) is 11.8 Å². The van der Waals surface area contributed by atoms with E-state index in [1.165, 1.54) is 5.56 Å². The van der Waals surface area contributed by atoms with Crippen LogP contribution >= 0.6 is 0 Å². The van der Waals surface area contributed by atoms with Crippen molar-refractivity contribution in [3.05, 3.63) is 23.8 Å². The Kier molecular flexibility index (Phi) is 7.45. The molecule has 1 rings (SSSR count). The van der Waals surface area contributed by atoms with Gasteiger partial charge in [0, 0.05) is 18.2 Å². The minimum atomic E-state index is 0.516. The van der Waals surface area contributed by atoms with Gasteiger partial charge >= 0.3 is 0 Å². The van der Waals surface area contributed by atoms with Crippen molar-refractivity contribution in [3.8, 4) is 11.5 Å². The van der Waals surface area contributed by atoms with E-state index in [2.05, 4.69) is 46.0 Å². The first-order chi connectivity index (χ1) is 9.52. The van der Waals surface area contributed by atoms with Gasteiger partial charge in [0.15, 0.2) is 0 Å². The lowest BCUT2D eigenvalue weighted by Crippen LogP contribution is -2.14. The summed E-state index contributed by atoms with van der Waals surface area (Å²) in [7, 11) is 0. The van der Waals surface area contributed by atoms with Crippen LogP contribution in [0, 0.1) is 11.8 Å². The molecule has 1 N–H and O–H groups in total. The molecule has 0 unspecified atom stereocenters. The van der Waals surface area contributed by atoms with E-state index in [1.54, 1.807) is 0 Å². The second kappa shape index (κ2) is 8.85. The summed E-state index contributed by atoms with van der Waals surface area (Å²) in [5.41, 5.74) is 1.18. The van der Waals surface area contributed by atoms with Gasteiger partial charge in [0.25, 0.3) is 0 Å². The van der Waals surface area contributed by atoms with Gasteiger partial charge in [-0.25, -0.2) is 0 Å². The van der Waals surface area contributed by atoms with Crippen LogP contribution in [0.4, 0.5) is 0 Å². The molecule has 0 heterocycles. The maximum absolute atomic E-state index is 5.92. The monoisotopic (exact) mass is 279 g/mol. The average molecular weight is 279 g/mol. The van der Waals surface area contributed by atoms with E-state index in [0.717, 1.165) is 37.8 Å². The highest BCUT2D eigenvalue weighted by atomic mass is 16.5. The lowest BCUT2D eigenvalue weighted by Gasteiger charge is -2.16. The molecule has 0 spiro atoms. The molecule has 0 saturated heterocycles. The zero-order valence-electron chi connectivity index (χ0n) is 13.5. The minimum absolute atomic E-state index is 0.516. The van der Waals surface area contributed by atoms with Crippen molar-refractivity contribution in [2.75, 3.05) is 19.8 Å². The lowest BCUT2D eigenvalue weighted by molar-refractivity contribution is 0.256. The van der Waals surface area contributed by atoms with E-state index in [4.69, 9.17) is 9.47 Å². The zero-order valence-corrected chi connectivity index (χ0v) is 13.5. The first-order valence-corrected chi connectivity index (χ1v) is 7.62. The zero-order chi connectivity index (χ0) is 15.0. The molecular formula is C17H29NO2. The largest absolute Gasteiger partial charge is 0.493 e. The number of hydrogen-bond acceptors (Lipinski definition) is 3. The van der Waals surface area contributed by atoms with Gasteiger partial charge in [-0.3, -0.25) is 0 Å². The van der Waals surface area contributed by atoms with Crippen LogP contribution in [0.5, 0.6) is 11.5 Å². The highest BCUT2D eigenvalue weighted by Crippen LogP contribution is 2.26. The third-order valence-corrected chi connectivity index (χ3v) is 2.76. The molecule has 20 heavy (non-hydrogen) atoms. The Labute approximate surface area is 123 Å². The summed E-state index contributed by atoms with van der Waals surface area (Å²) in [6.07, 6.45) is 0. The van der Waals surface area contributed by atoms with Crippen LogP contribution in [0.25, 0.3) is 0 Å². The molecule has 0 saturated carbocycles. The Morgan fingerprint density at radius 3 is 2.25 bits per heavy atom. The first-order valence-electron chi connectivity index (χ1n) is 7.62. The van der Waals surface area contributed by atoms with Gasteiger partial charge in [0.1, 0.15) is 11.5 Å². The summed E-state index contributed by atoms with van der Waals surface area (Å²) < 4.78 is 11.7. The maximum Gasteiger partial charge on any atom is 0.127 e. The topological polar surface area (TPSA) is 30.5 Å². The molecule has 0 bridgehead atoms. The van der Waals surface area contributed by atoms with Crippen molar-refractivity contribution in [1.29, 1.82) is 0 Å². The van der Waals surface area contributed by atoms with E-state index in [-0.39, 0.29) is 0 Å². The van der Waals surface area contributed by atoms with Crippen molar-refractivity contribution in [1.82, 2.24) is 5.32 Å². The Morgan fingerprint density at radius 1 is 1.00 bits per heavy atom. The molecule has 0 fully saturated rings. The molecule has 114 valence electrons. The summed E-state index contributed by atoms with van der Waals surface area (Å²) in [6.45, 7) is 14.0. The highest BCUT2D eigenvalue weighted by Gasteiger charge is 2.07. The molecule has 0 aliphatic carbocycles. The van der Waals surface area contributed by atoms with Crippen molar-refractivity contribution >= 4 is 0 Å². The summed E-state index contributed by atoms with van der Waals surface area (Å²) in [5, 5.41) is 3.34. The number of nitrogens with one attached hydrogen (secondary N) is 1. The van der Waals surface area contributed by atoms with Gasteiger partial charge in [-0.15, -0.1) is 0 Å². The van der Waals surface area contributed by atoms with Crippen molar-refractivity contribution in [2.45, 2.75) is 41.2 Å². The van der Waals surface area contributed by atoms with Crippen LogP contribution in [-0.2, 0) is 6.54 Å². The molecule has 0 atom stereocenters. The molecule has 3 nitrogen and oxygen atoms in total. The molecule has 0 aliphatic rings. The molecule has 0 amide bonds. The molecule has 1 aromatic carbocycles. The van der Waals surface area contributed by atoms with Crippen LogP contribution in [-0.4, -0.2) is 19.8 Å². The van der Waals surface area contributed by atoms with E-state index in [9.17, 15) is 0 Å². The Balaban J connectivity index is 2.77. The van der Waals surface area contributed by atoms with Gasteiger partial charge in [0.05, 0.1) is 13.2 Å². The van der Waals surface area contributed by atoms with Gasteiger partial charge in [-0.2, -0.15) is 0 Å². The van der Waals surface area contributed by atoms with Crippen molar-refractivity contribution in [3.63, 3.8) is 0 Å². The van der Waals surface area contributed by atoms with E-state index in [1.807, 2.05) is 12.1 Å². The van der Waals surface area contributed by atoms with Crippen LogP contribution in [0.1, 0.15) is 40.2 Å². The summed E-state index contributed by atoms with van der Waals surface area (Å²) >= 11 is 0. The molecule has 0 aromatic heterocycles. The maximum atomic E-state index is 5.92. The summed E-state index contributed by atoms with van der Waals surface area (Å²) in [4.78, 5) is 0. The van der Waals surface area contributed by atoms with Crippen LogP contribution in [0.15, 0.2) is 18.2 Å². The third kappa shape index (κ3) is 6.29. The minimum Gasteiger partial charge on any atom is -0.493 e. The fraction of sp³-hybridized carbons (Fsp3) is 0.647. The van der Waals surface area contributed by atoms with E-state index >= 15 is 0 Å². The van der Waals surface area contributed by atoms with Crippen LogP contribution in [0.3, 0.4) is 0 Å². The fourth-order valence-corrected chi connectivity index (χ4v) is 1.68. The standard InChI is InChI=1S/C17H29NO2/c1-6-18-10-15-7-8-16(19-11-13(2)3)9-17(15)20-12-14(4)5/h7-9,13-14,18H,6,10-12H2,1-5H3. The molecule has 0 aliphatic heterocycles. The number of hydrogen-bond donors (Lipinski definition) is 1. The molecule has 3 heteroatoms. The normalized spacial score (nSPS) is 11.2. The molecular weight excluding hydrogens is 250 g/mol. The lowest BCUT2D eigenvalue weighted by atomic mass is 10.1. The summed E-state index contributed by atoms with van der Waals surface area (Å²) in [6, 6.07) is 6.13. The van der Waals surface area contributed by atoms with Crippen LogP contribution in [0.2, 0.25) is 0 Å². The molecule has 0 radical (unpaired) electrons. The Bertz CT molecular complexity index is 389. The SMILES string of the molecule is CCNCc1ccc(OCC(C)C)cc1OCC(C)C. The predicted octanol–water partition coefficient (Wildman–Crippen LogP) is 3.87. The third-order valence-electron chi connectivity index (χ3n) is 2.76. The second-order valence-corrected chi connectivity index (χ2v) is 5.96. The quantitative estimate of drug-likeness (QED) is 0.744. The fourth-order valence-electron chi connectivity index (χ4n) is 1.68. The average Bonchev–Trinajstić information content (AvgIpc) is 2.41. The first kappa shape index (κ1) is 16.8. The van der Waals surface area contributed by atoms with E-state index < -0.39 is 0 Å². The Hall–Kier alpha value is -1.22. The number of rotatable bonds is 9. The Morgan fingerprint density at radius 2 is 1.65 bits per heavy atom. The number of ether oxygens (including phenoxy) is 2. The molecule has 1 aromatic rings. The van der Waals surface area contributed by atoms with Gasteiger partial charge in [0.2, 0.25) is 0 Å². The van der Waals surface area contributed by atoms with Gasteiger partial charge < -0.3 is 14.8 Å². The highest BCUT2D eigenvalue weighted by molar-refractivity contribution is 5.40. The second-order valence-electron chi connectivity index (χ2n) is 5.96. The predicted molar refractivity (Wildman–Crippen MR) is 84.5 cm³/mol. The van der Waals surface area contributed by atoms with Crippen LogP contribution < -0.4 is 14.8 Å².